The molecule has 28 heavy (non-hydrogen) atoms. The van der Waals surface area contributed by atoms with Crippen LogP contribution in [0.3, 0.4) is 0 Å². The van der Waals surface area contributed by atoms with Crippen molar-refractivity contribution in [2.45, 2.75) is 19.1 Å². The normalized spacial score (nSPS) is 16.9. The number of ether oxygens (including phenoxy) is 1. The van der Waals surface area contributed by atoms with Gasteiger partial charge in [-0.05, 0) is 35.6 Å². The molecule has 0 saturated carbocycles. The van der Waals surface area contributed by atoms with Crippen LogP contribution in [0, 0.1) is 0 Å². The molecule has 0 unspecified atom stereocenters. The average Bonchev–Trinajstić information content (AvgIpc) is 3.40. The quantitative estimate of drug-likeness (QED) is 0.425. The highest BCUT2D eigenvalue weighted by Gasteiger charge is 2.24. The van der Waals surface area contributed by atoms with Crippen LogP contribution in [0.15, 0.2) is 70.6 Å². The minimum atomic E-state index is 0. The van der Waals surface area contributed by atoms with E-state index in [0.717, 1.165) is 53.3 Å². The average molecular weight is 413 g/mol. The van der Waals surface area contributed by atoms with Crippen LogP contribution in [0.4, 0.5) is 0 Å². The van der Waals surface area contributed by atoms with E-state index in [1.165, 1.54) is 5.56 Å². The molecule has 1 aliphatic rings. The number of rotatable bonds is 5. The molecular weight excluding hydrogens is 392 g/mol. The molecule has 0 aliphatic carbocycles. The maximum absolute atomic E-state index is 6.28. The summed E-state index contributed by atoms with van der Waals surface area (Å²) in [6.45, 7) is 3.01. The number of halogens is 1. The summed E-state index contributed by atoms with van der Waals surface area (Å²) in [6.07, 6.45) is 1.28. The van der Waals surface area contributed by atoms with Crippen LogP contribution < -0.4 is 4.74 Å². The fourth-order valence-electron chi connectivity index (χ4n) is 3.65. The van der Waals surface area contributed by atoms with Crippen molar-refractivity contribution in [3.05, 3.63) is 71.6 Å². The highest BCUT2D eigenvalue weighted by Crippen LogP contribution is 2.33. The van der Waals surface area contributed by atoms with Crippen LogP contribution in [-0.2, 0) is 6.54 Å². The highest BCUT2D eigenvalue weighted by atomic mass is 35.5. The van der Waals surface area contributed by atoms with Crippen LogP contribution in [0.25, 0.3) is 21.5 Å². The maximum atomic E-state index is 6.28. The SMILES string of the molecule is Cl.c1ccc(CN2CC[C@H](Oc3cccc(-c4noc5ccsc45)c3)C2)cc1. The summed E-state index contributed by atoms with van der Waals surface area (Å²) in [6, 6.07) is 20.7. The Morgan fingerprint density at radius 3 is 2.89 bits per heavy atom. The molecule has 5 rings (SSSR count). The van der Waals surface area contributed by atoms with E-state index in [4.69, 9.17) is 9.26 Å². The number of hydrogen-bond donors (Lipinski definition) is 0. The first-order chi connectivity index (χ1) is 13.3. The predicted molar refractivity (Wildman–Crippen MR) is 115 cm³/mol. The number of fused-ring (bicyclic) bond motifs is 1. The highest BCUT2D eigenvalue weighted by molar-refractivity contribution is 7.17. The molecule has 144 valence electrons. The number of thiophene rings is 1. The van der Waals surface area contributed by atoms with Gasteiger partial charge in [-0.2, -0.15) is 0 Å². The van der Waals surface area contributed by atoms with E-state index >= 15 is 0 Å². The van der Waals surface area contributed by atoms with Gasteiger partial charge in [0.25, 0.3) is 0 Å². The Hall–Kier alpha value is -2.34. The van der Waals surface area contributed by atoms with E-state index in [0.29, 0.717) is 0 Å². The Balaban J connectivity index is 0.00000192. The van der Waals surface area contributed by atoms with Crippen molar-refractivity contribution in [1.29, 1.82) is 0 Å². The van der Waals surface area contributed by atoms with E-state index < -0.39 is 0 Å². The zero-order valence-electron chi connectivity index (χ0n) is 15.3. The lowest BCUT2D eigenvalue weighted by Gasteiger charge is -2.17. The zero-order valence-corrected chi connectivity index (χ0v) is 16.9. The third-order valence-electron chi connectivity index (χ3n) is 4.97. The van der Waals surface area contributed by atoms with Gasteiger partial charge in [0.15, 0.2) is 5.58 Å². The molecule has 0 amide bonds. The van der Waals surface area contributed by atoms with E-state index in [9.17, 15) is 0 Å². The molecular formula is C22H21ClN2O2S. The molecule has 1 aliphatic heterocycles. The van der Waals surface area contributed by atoms with Crippen LogP contribution in [-0.4, -0.2) is 29.3 Å². The lowest BCUT2D eigenvalue weighted by atomic mass is 10.1. The lowest BCUT2D eigenvalue weighted by Crippen LogP contribution is -2.24. The zero-order chi connectivity index (χ0) is 18.1. The summed E-state index contributed by atoms with van der Waals surface area (Å²) in [5, 5.41) is 6.26. The Morgan fingerprint density at radius 2 is 2.00 bits per heavy atom. The van der Waals surface area contributed by atoms with Crippen molar-refractivity contribution in [3.63, 3.8) is 0 Å². The molecule has 3 heterocycles. The van der Waals surface area contributed by atoms with Gasteiger partial charge in [0, 0.05) is 25.2 Å². The molecule has 2 aromatic heterocycles. The van der Waals surface area contributed by atoms with E-state index in [1.54, 1.807) is 11.3 Å². The fourth-order valence-corrected chi connectivity index (χ4v) is 4.47. The van der Waals surface area contributed by atoms with Crippen molar-refractivity contribution in [2.24, 2.45) is 0 Å². The minimum absolute atomic E-state index is 0. The van der Waals surface area contributed by atoms with Gasteiger partial charge in [0.2, 0.25) is 0 Å². The molecule has 1 fully saturated rings. The molecule has 0 bridgehead atoms. The molecule has 4 nitrogen and oxygen atoms in total. The van der Waals surface area contributed by atoms with Crippen molar-refractivity contribution in [3.8, 4) is 17.0 Å². The smallest absolute Gasteiger partial charge is 0.178 e. The molecule has 0 radical (unpaired) electrons. The lowest BCUT2D eigenvalue weighted by molar-refractivity contribution is 0.198. The van der Waals surface area contributed by atoms with Crippen LogP contribution in [0.1, 0.15) is 12.0 Å². The van der Waals surface area contributed by atoms with E-state index in [1.807, 2.05) is 23.6 Å². The first-order valence-electron chi connectivity index (χ1n) is 9.21. The van der Waals surface area contributed by atoms with Gasteiger partial charge in [-0.1, -0.05) is 47.6 Å². The van der Waals surface area contributed by atoms with Crippen molar-refractivity contribution in [2.75, 3.05) is 13.1 Å². The Kier molecular flexibility index (Phi) is 5.67. The fraction of sp³-hybridized carbons (Fsp3) is 0.227. The van der Waals surface area contributed by atoms with Gasteiger partial charge in [-0.3, -0.25) is 4.90 Å². The van der Waals surface area contributed by atoms with Gasteiger partial charge in [-0.25, -0.2) is 0 Å². The molecule has 1 saturated heterocycles. The molecule has 4 aromatic rings. The van der Waals surface area contributed by atoms with Gasteiger partial charge in [0.1, 0.15) is 22.2 Å². The number of benzene rings is 2. The molecule has 2 aromatic carbocycles. The largest absolute Gasteiger partial charge is 0.489 e. The van der Waals surface area contributed by atoms with E-state index in [-0.39, 0.29) is 18.5 Å². The number of nitrogens with zero attached hydrogens (tertiary/aromatic N) is 2. The van der Waals surface area contributed by atoms with Gasteiger partial charge >= 0.3 is 0 Å². The third kappa shape index (κ3) is 3.92. The molecule has 6 heteroatoms. The summed E-state index contributed by atoms with van der Waals surface area (Å²) in [5.74, 6) is 0.895. The molecule has 0 spiro atoms. The predicted octanol–water partition coefficient (Wildman–Crippen LogP) is 5.63. The van der Waals surface area contributed by atoms with Crippen LogP contribution >= 0.6 is 23.7 Å². The second-order valence-electron chi connectivity index (χ2n) is 6.92. The van der Waals surface area contributed by atoms with Gasteiger partial charge in [0.05, 0.1) is 0 Å². The second kappa shape index (κ2) is 8.35. The summed E-state index contributed by atoms with van der Waals surface area (Å²) in [4.78, 5) is 2.46. The number of likely N-dealkylation sites (tertiary alicyclic amines) is 1. The summed E-state index contributed by atoms with van der Waals surface area (Å²) in [5.41, 5.74) is 4.12. The minimum Gasteiger partial charge on any atom is -0.489 e. The second-order valence-corrected chi connectivity index (χ2v) is 7.84. The summed E-state index contributed by atoms with van der Waals surface area (Å²) in [7, 11) is 0. The van der Waals surface area contributed by atoms with Gasteiger partial charge in [-0.15, -0.1) is 23.7 Å². The molecule has 1 atom stereocenters. The number of aromatic nitrogens is 1. The van der Waals surface area contributed by atoms with Crippen molar-refractivity contribution < 1.29 is 9.26 Å². The Morgan fingerprint density at radius 1 is 1.11 bits per heavy atom. The van der Waals surface area contributed by atoms with Crippen molar-refractivity contribution in [1.82, 2.24) is 10.1 Å². The van der Waals surface area contributed by atoms with Crippen LogP contribution in [0.2, 0.25) is 0 Å². The van der Waals surface area contributed by atoms with Gasteiger partial charge < -0.3 is 9.26 Å². The first-order valence-corrected chi connectivity index (χ1v) is 10.1. The standard InChI is InChI=1S/C22H20N2O2S.ClH/c1-2-5-16(6-3-1)14-24-11-9-19(15-24)25-18-8-4-7-17(13-18)21-22-20(26-23-21)10-12-27-22;/h1-8,10,12-13,19H,9,11,14-15H2;1H/t19-;/m0./s1. The molecule has 0 N–H and O–H groups in total. The Labute approximate surface area is 174 Å². The first kappa shape index (κ1) is 19.0. The summed E-state index contributed by atoms with van der Waals surface area (Å²) < 4.78 is 12.8. The number of hydrogen-bond acceptors (Lipinski definition) is 5. The van der Waals surface area contributed by atoms with E-state index in [2.05, 4.69) is 52.5 Å². The third-order valence-corrected chi connectivity index (χ3v) is 5.87. The monoisotopic (exact) mass is 412 g/mol. The summed E-state index contributed by atoms with van der Waals surface area (Å²) >= 11 is 1.65. The Bertz CT molecular complexity index is 1050. The van der Waals surface area contributed by atoms with Crippen LogP contribution in [0.5, 0.6) is 5.75 Å². The van der Waals surface area contributed by atoms with Crippen molar-refractivity contribution >= 4 is 34.0 Å². The topological polar surface area (TPSA) is 38.5 Å². The maximum Gasteiger partial charge on any atom is 0.178 e.